The molecule has 31 heavy (non-hydrogen) atoms. The molecule has 0 atom stereocenters. The van der Waals surface area contributed by atoms with Crippen LogP contribution in [-0.4, -0.2) is 18.7 Å². The summed E-state index contributed by atoms with van der Waals surface area (Å²) < 4.78 is 7.60. The molecule has 0 saturated heterocycles. The number of rotatable bonds is 10. The Morgan fingerprint density at radius 3 is 2.55 bits per heavy atom. The second kappa shape index (κ2) is 12.0. The summed E-state index contributed by atoms with van der Waals surface area (Å²) in [4.78, 5) is 12.4. The summed E-state index contributed by atoms with van der Waals surface area (Å²) in [6, 6.07) is 17.9. The van der Waals surface area contributed by atoms with Crippen molar-refractivity contribution in [2.75, 3.05) is 6.61 Å². The Morgan fingerprint density at radius 1 is 1.03 bits per heavy atom. The van der Waals surface area contributed by atoms with Gasteiger partial charge < -0.3 is 4.74 Å². The van der Waals surface area contributed by atoms with Gasteiger partial charge in [-0.2, -0.15) is 5.10 Å². The number of ether oxygens (including phenoxy) is 1. The van der Waals surface area contributed by atoms with E-state index in [-0.39, 0.29) is 12.3 Å². The topological polar surface area (TPSA) is 50.7 Å². The van der Waals surface area contributed by atoms with Crippen LogP contribution in [0.4, 0.5) is 0 Å². The molecule has 0 aromatic heterocycles. The van der Waals surface area contributed by atoms with Gasteiger partial charge in [0.05, 0.1) is 28.2 Å². The largest absolute Gasteiger partial charge is 0.491 e. The van der Waals surface area contributed by atoms with Crippen molar-refractivity contribution in [1.29, 1.82) is 0 Å². The number of amides is 1. The normalized spacial score (nSPS) is 11.2. The lowest BCUT2D eigenvalue weighted by molar-refractivity contribution is -0.120. The highest BCUT2D eigenvalue weighted by Gasteiger charge is 2.09. The first-order valence-corrected chi connectivity index (χ1v) is 12.1. The summed E-state index contributed by atoms with van der Waals surface area (Å²) in [5.74, 6) is 0.631. The smallest absolute Gasteiger partial charge is 0.244 e. The first-order valence-electron chi connectivity index (χ1n) is 10.5. The molecule has 0 radical (unpaired) electrons. The van der Waals surface area contributed by atoms with Crippen molar-refractivity contribution in [3.63, 3.8) is 0 Å². The second-order valence-electron chi connectivity index (χ2n) is 7.33. The van der Waals surface area contributed by atoms with E-state index in [1.54, 1.807) is 6.21 Å². The van der Waals surface area contributed by atoms with Gasteiger partial charge in [-0.1, -0.05) is 68.7 Å². The maximum absolute atomic E-state index is 12.4. The highest BCUT2D eigenvalue weighted by molar-refractivity contribution is 9.11. The summed E-state index contributed by atoms with van der Waals surface area (Å²) in [6.45, 7) is 2.88. The Hall–Kier alpha value is -2.18. The van der Waals surface area contributed by atoms with Gasteiger partial charge in [0.25, 0.3) is 0 Å². The molecule has 1 amide bonds. The average Bonchev–Trinajstić information content (AvgIpc) is 2.75. The number of hydrazone groups is 1. The number of unbranched alkanes of at least 4 members (excludes halogenated alkanes) is 3. The van der Waals surface area contributed by atoms with Crippen LogP contribution in [0.15, 0.2) is 68.6 Å². The van der Waals surface area contributed by atoms with Gasteiger partial charge in [0.1, 0.15) is 5.75 Å². The fourth-order valence-electron chi connectivity index (χ4n) is 3.33. The molecule has 0 heterocycles. The monoisotopic (exact) mass is 544 g/mol. The number of nitrogens with zero attached hydrogens (tertiary/aromatic N) is 1. The maximum atomic E-state index is 12.4. The molecule has 0 saturated carbocycles. The number of benzene rings is 3. The van der Waals surface area contributed by atoms with E-state index in [2.05, 4.69) is 49.3 Å². The van der Waals surface area contributed by atoms with Gasteiger partial charge in [-0.3, -0.25) is 4.79 Å². The zero-order chi connectivity index (χ0) is 22.1. The number of hydrogen-bond donors (Lipinski definition) is 1. The number of fused-ring (bicyclic) bond motifs is 1. The van der Waals surface area contributed by atoms with Gasteiger partial charge in [0, 0.05) is 0 Å². The van der Waals surface area contributed by atoms with Crippen LogP contribution in [0.3, 0.4) is 0 Å². The van der Waals surface area contributed by atoms with Crippen LogP contribution in [-0.2, 0) is 11.2 Å². The van der Waals surface area contributed by atoms with Crippen LogP contribution < -0.4 is 10.2 Å². The summed E-state index contributed by atoms with van der Waals surface area (Å²) in [7, 11) is 0. The van der Waals surface area contributed by atoms with Gasteiger partial charge in [0.2, 0.25) is 5.91 Å². The lowest BCUT2D eigenvalue weighted by Crippen LogP contribution is -2.19. The molecule has 0 bridgehead atoms. The maximum Gasteiger partial charge on any atom is 0.244 e. The van der Waals surface area contributed by atoms with E-state index >= 15 is 0 Å². The number of halogens is 2. The van der Waals surface area contributed by atoms with Crippen LogP contribution >= 0.6 is 31.9 Å². The molecule has 3 rings (SSSR count). The fraction of sp³-hybridized carbons (Fsp3) is 0.280. The third-order valence-corrected chi connectivity index (χ3v) is 6.08. The zero-order valence-corrected chi connectivity index (χ0v) is 20.7. The van der Waals surface area contributed by atoms with Gasteiger partial charge >= 0.3 is 0 Å². The number of hydrogen-bond acceptors (Lipinski definition) is 3. The minimum absolute atomic E-state index is 0.155. The highest BCUT2D eigenvalue weighted by atomic mass is 79.9. The van der Waals surface area contributed by atoms with E-state index in [0.29, 0.717) is 6.61 Å². The minimum Gasteiger partial charge on any atom is -0.491 e. The molecular weight excluding hydrogens is 520 g/mol. The molecule has 0 aliphatic rings. The van der Waals surface area contributed by atoms with E-state index in [1.807, 2.05) is 54.6 Å². The quantitative estimate of drug-likeness (QED) is 0.169. The minimum atomic E-state index is -0.155. The first kappa shape index (κ1) is 23.5. The first-order chi connectivity index (χ1) is 15.1. The van der Waals surface area contributed by atoms with E-state index in [0.717, 1.165) is 43.0 Å². The number of nitrogens with one attached hydrogen (secondary N) is 1. The van der Waals surface area contributed by atoms with Gasteiger partial charge in [-0.25, -0.2) is 5.43 Å². The van der Waals surface area contributed by atoms with Crippen LogP contribution in [0.2, 0.25) is 0 Å². The van der Waals surface area contributed by atoms with Crippen LogP contribution in [0.25, 0.3) is 10.8 Å². The second-order valence-corrected chi connectivity index (χ2v) is 9.04. The SMILES string of the molecule is CCCCCCOc1c(Br)cc(/C=N/NC(=O)Cc2cccc3ccccc23)cc1Br. The fourth-order valence-corrected chi connectivity index (χ4v) is 4.78. The van der Waals surface area contributed by atoms with Crippen molar-refractivity contribution in [2.45, 2.75) is 39.0 Å². The molecule has 0 aliphatic heterocycles. The summed E-state index contributed by atoms with van der Waals surface area (Å²) >= 11 is 7.13. The van der Waals surface area contributed by atoms with Crippen molar-refractivity contribution in [2.24, 2.45) is 5.10 Å². The molecule has 6 heteroatoms. The van der Waals surface area contributed by atoms with Crippen molar-refractivity contribution < 1.29 is 9.53 Å². The van der Waals surface area contributed by atoms with E-state index in [9.17, 15) is 4.79 Å². The van der Waals surface area contributed by atoms with E-state index in [1.165, 1.54) is 19.3 Å². The summed E-state index contributed by atoms with van der Waals surface area (Å²) in [5, 5.41) is 6.33. The Bertz CT molecular complexity index is 1040. The zero-order valence-electron chi connectivity index (χ0n) is 17.5. The molecule has 0 aliphatic carbocycles. The van der Waals surface area contributed by atoms with E-state index < -0.39 is 0 Å². The Balaban J connectivity index is 1.57. The lowest BCUT2D eigenvalue weighted by atomic mass is 10.0. The van der Waals surface area contributed by atoms with Crippen molar-refractivity contribution >= 4 is 54.8 Å². The third kappa shape index (κ3) is 6.91. The van der Waals surface area contributed by atoms with Gasteiger partial charge in [-0.15, -0.1) is 0 Å². The lowest BCUT2D eigenvalue weighted by Gasteiger charge is -2.11. The molecule has 3 aromatic rings. The molecule has 162 valence electrons. The molecule has 4 nitrogen and oxygen atoms in total. The average molecular weight is 546 g/mol. The highest BCUT2D eigenvalue weighted by Crippen LogP contribution is 2.34. The van der Waals surface area contributed by atoms with Crippen molar-refractivity contribution in [3.8, 4) is 5.75 Å². The Kier molecular flexibility index (Phi) is 9.10. The van der Waals surface area contributed by atoms with Gasteiger partial charge in [0.15, 0.2) is 0 Å². The summed E-state index contributed by atoms with van der Waals surface area (Å²) in [6.07, 6.45) is 6.55. The van der Waals surface area contributed by atoms with Gasteiger partial charge in [-0.05, 0) is 72.3 Å². The van der Waals surface area contributed by atoms with E-state index in [4.69, 9.17) is 4.74 Å². The molecule has 3 aromatic carbocycles. The van der Waals surface area contributed by atoms with Crippen LogP contribution in [0.5, 0.6) is 5.75 Å². The molecular formula is C25H26Br2N2O2. The van der Waals surface area contributed by atoms with Crippen LogP contribution in [0.1, 0.15) is 43.7 Å². The predicted molar refractivity (Wildman–Crippen MR) is 135 cm³/mol. The van der Waals surface area contributed by atoms with Crippen molar-refractivity contribution in [3.05, 3.63) is 74.7 Å². The van der Waals surface area contributed by atoms with Crippen LogP contribution in [0, 0.1) is 0 Å². The third-order valence-electron chi connectivity index (χ3n) is 4.90. The standard InChI is InChI=1S/C25H26Br2N2O2/c1-2-3-4-7-13-31-25-22(26)14-18(15-23(25)27)17-28-29-24(30)16-20-11-8-10-19-9-5-6-12-21(19)20/h5-6,8-12,14-15,17H,2-4,7,13,16H2,1H3,(H,29,30)/b28-17+. The predicted octanol–water partition coefficient (Wildman–Crippen LogP) is 7.02. The summed E-state index contributed by atoms with van der Waals surface area (Å²) in [5.41, 5.74) is 4.45. The van der Waals surface area contributed by atoms with Crippen molar-refractivity contribution in [1.82, 2.24) is 5.43 Å². The molecule has 0 spiro atoms. The number of carbonyl (C=O) groups is 1. The molecule has 0 unspecified atom stereocenters. The Labute approximate surface area is 200 Å². The number of carbonyl (C=O) groups excluding carboxylic acids is 1. The molecule has 1 N–H and O–H groups in total. The Morgan fingerprint density at radius 2 is 1.77 bits per heavy atom. The molecule has 0 fully saturated rings.